The zero-order valence-electron chi connectivity index (χ0n) is 11.5. The number of hydrogen-bond acceptors (Lipinski definition) is 4. The van der Waals surface area contributed by atoms with Crippen molar-refractivity contribution in [3.05, 3.63) is 0 Å². The number of nitrogens with zero attached hydrogens (tertiary/aromatic N) is 1. The lowest BCUT2D eigenvalue weighted by molar-refractivity contribution is -0.0145. The van der Waals surface area contributed by atoms with Gasteiger partial charge in [-0.1, -0.05) is 13.8 Å². The van der Waals surface area contributed by atoms with Crippen LogP contribution in [0.2, 0.25) is 0 Å². The molecule has 16 heavy (non-hydrogen) atoms. The average Bonchev–Trinajstić information content (AvgIpc) is 2.25. The second-order valence-corrected chi connectivity index (χ2v) is 4.51. The Kier molecular flexibility index (Phi) is 7.93. The summed E-state index contributed by atoms with van der Waals surface area (Å²) in [4.78, 5) is 2.26. The fourth-order valence-corrected chi connectivity index (χ4v) is 1.99. The second-order valence-electron chi connectivity index (χ2n) is 4.51. The maximum atomic E-state index is 5.94. The smallest absolute Gasteiger partial charge is 0.0661 e. The summed E-state index contributed by atoms with van der Waals surface area (Å²) in [5, 5.41) is 0. The summed E-state index contributed by atoms with van der Waals surface area (Å²) in [6, 6.07) is 0. The van der Waals surface area contributed by atoms with Crippen molar-refractivity contribution in [2.45, 2.75) is 26.3 Å². The Hall–Kier alpha value is -0.160. The Labute approximate surface area is 100 Å². The largest absolute Gasteiger partial charge is 0.383 e. The summed E-state index contributed by atoms with van der Waals surface area (Å²) in [7, 11) is 3.81. The van der Waals surface area contributed by atoms with Gasteiger partial charge < -0.3 is 15.2 Å². The van der Waals surface area contributed by atoms with Crippen LogP contribution in [0.5, 0.6) is 0 Å². The van der Waals surface area contributed by atoms with Crippen molar-refractivity contribution in [3.63, 3.8) is 0 Å². The number of ether oxygens (including phenoxy) is 2. The molecule has 0 aliphatic heterocycles. The van der Waals surface area contributed by atoms with Crippen LogP contribution >= 0.6 is 0 Å². The van der Waals surface area contributed by atoms with E-state index in [1.54, 1.807) is 7.11 Å². The van der Waals surface area contributed by atoms with Crippen LogP contribution in [0.3, 0.4) is 0 Å². The van der Waals surface area contributed by atoms with E-state index in [-0.39, 0.29) is 5.54 Å². The first-order chi connectivity index (χ1) is 7.55. The van der Waals surface area contributed by atoms with Crippen LogP contribution in [0, 0.1) is 5.92 Å². The zero-order valence-corrected chi connectivity index (χ0v) is 11.5. The lowest BCUT2D eigenvalue weighted by Gasteiger charge is -2.44. The van der Waals surface area contributed by atoms with Crippen LogP contribution in [-0.2, 0) is 9.47 Å². The van der Waals surface area contributed by atoms with Crippen molar-refractivity contribution in [2.75, 3.05) is 47.1 Å². The van der Waals surface area contributed by atoms with Crippen molar-refractivity contribution in [3.8, 4) is 0 Å². The highest BCUT2D eigenvalue weighted by Gasteiger charge is 2.36. The van der Waals surface area contributed by atoms with E-state index in [0.29, 0.717) is 19.1 Å². The SMILES string of the molecule is CCOCCN(C)C(CN)(COC)C(C)C. The fraction of sp³-hybridized carbons (Fsp3) is 1.00. The number of rotatable bonds is 9. The third-order valence-electron chi connectivity index (χ3n) is 3.36. The molecule has 0 bridgehead atoms. The lowest BCUT2D eigenvalue weighted by atomic mass is 9.85. The van der Waals surface area contributed by atoms with E-state index >= 15 is 0 Å². The van der Waals surface area contributed by atoms with E-state index in [4.69, 9.17) is 15.2 Å². The van der Waals surface area contributed by atoms with Crippen LogP contribution in [0.1, 0.15) is 20.8 Å². The number of nitrogens with two attached hydrogens (primary N) is 1. The Morgan fingerprint density at radius 1 is 1.38 bits per heavy atom. The predicted octanol–water partition coefficient (Wildman–Crippen LogP) is 0.955. The van der Waals surface area contributed by atoms with Gasteiger partial charge in [-0.3, -0.25) is 4.90 Å². The summed E-state index contributed by atoms with van der Waals surface area (Å²) in [5.74, 6) is 0.448. The molecule has 0 amide bonds. The van der Waals surface area contributed by atoms with Crippen LogP contribution in [0.4, 0.5) is 0 Å². The van der Waals surface area contributed by atoms with Gasteiger partial charge in [0.05, 0.1) is 18.8 Å². The highest BCUT2D eigenvalue weighted by molar-refractivity contribution is 4.93. The van der Waals surface area contributed by atoms with Gasteiger partial charge in [0.25, 0.3) is 0 Å². The van der Waals surface area contributed by atoms with Gasteiger partial charge in [-0.2, -0.15) is 0 Å². The van der Waals surface area contributed by atoms with E-state index in [0.717, 1.165) is 19.8 Å². The van der Waals surface area contributed by atoms with Gasteiger partial charge in [0, 0.05) is 26.8 Å². The molecule has 0 aromatic heterocycles. The molecule has 0 aliphatic rings. The van der Waals surface area contributed by atoms with Crippen LogP contribution in [0.25, 0.3) is 0 Å². The number of methoxy groups -OCH3 is 1. The third-order valence-corrected chi connectivity index (χ3v) is 3.36. The molecule has 4 nitrogen and oxygen atoms in total. The Balaban J connectivity index is 4.47. The maximum absolute atomic E-state index is 5.94. The lowest BCUT2D eigenvalue weighted by Crippen LogP contribution is -2.59. The molecule has 0 fully saturated rings. The molecule has 0 aromatic carbocycles. The Bertz CT molecular complexity index is 176. The first-order valence-corrected chi connectivity index (χ1v) is 6.03. The summed E-state index contributed by atoms with van der Waals surface area (Å²) in [6.45, 7) is 10.0. The van der Waals surface area contributed by atoms with E-state index in [1.165, 1.54) is 0 Å². The average molecular weight is 232 g/mol. The molecule has 0 rings (SSSR count). The van der Waals surface area contributed by atoms with Crippen molar-refractivity contribution in [1.82, 2.24) is 4.90 Å². The molecule has 0 aliphatic carbocycles. The van der Waals surface area contributed by atoms with Crippen LogP contribution < -0.4 is 5.73 Å². The van der Waals surface area contributed by atoms with Crippen LogP contribution in [-0.4, -0.2) is 57.5 Å². The molecule has 4 heteroatoms. The molecule has 98 valence electrons. The van der Waals surface area contributed by atoms with Gasteiger partial charge in [0.15, 0.2) is 0 Å². The summed E-state index contributed by atoms with van der Waals surface area (Å²) >= 11 is 0. The molecule has 0 heterocycles. The summed E-state index contributed by atoms with van der Waals surface area (Å²) < 4.78 is 10.7. The third kappa shape index (κ3) is 4.01. The molecule has 1 atom stereocenters. The van der Waals surface area contributed by atoms with Gasteiger partial charge in [-0.15, -0.1) is 0 Å². The van der Waals surface area contributed by atoms with E-state index in [9.17, 15) is 0 Å². The monoisotopic (exact) mass is 232 g/mol. The number of hydrogen-bond donors (Lipinski definition) is 1. The summed E-state index contributed by atoms with van der Waals surface area (Å²) in [6.07, 6.45) is 0. The minimum absolute atomic E-state index is 0.0914. The quantitative estimate of drug-likeness (QED) is 0.601. The first-order valence-electron chi connectivity index (χ1n) is 6.03. The highest BCUT2D eigenvalue weighted by atomic mass is 16.5. The topological polar surface area (TPSA) is 47.7 Å². The van der Waals surface area contributed by atoms with E-state index in [1.807, 2.05) is 6.92 Å². The predicted molar refractivity (Wildman–Crippen MR) is 67.6 cm³/mol. The first kappa shape index (κ1) is 15.8. The standard InChI is InChI=1S/C12H28N2O2/c1-6-16-8-7-14(4)12(9-13,10-15-5)11(2)3/h11H,6-10,13H2,1-5H3. The molecular formula is C12H28N2O2. The normalized spacial score (nSPS) is 15.8. The molecule has 1 unspecified atom stereocenters. The molecular weight excluding hydrogens is 204 g/mol. The zero-order chi connectivity index (χ0) is 12.6. The minimum Gasteiger partial charge on any atom is -0.383 e. The van der Waals surface area contributed by atoms with Gasteiger partial charge in [0.1, 0.15) is 0 Å². The van der Waals surface area contributed by atoms with Crippen molar-refractivity contribution < 1.29 is 9.47 Å². The van der Waals surface area contributed by atoms with Gasteiger partial charge >= 0.3 is 0 Å². The molecule has 0 saturated carbocycles. The molecule has 0 spiro atoms. The van der Waals surface area contributed by atoms with E-state index < -0.39 is 0 Å². The van der Waals surface area contributed by atoms with Crippen molar-refractivity contribution in [1.29, 1.82) is 0 Å². The van der Waals surface area contributed by atoms with E-state index in [2.05, 4.69) is 25.8 Å². The minimum atomic E-state index is -0.0914. The highest BCUT2D eigenvalue weighted by Crippen LogP contribution is 2.23. The second kappa shape index (κ2) is 8.01. The van der Waals surface area contributed by atoms with Gasteiger partial charge in [-0.25, -0.2) is 0 Å². The van der Waals surface area contributed by atoms with Gasteiger partial charge in [-0.05, 0) is 19.9 Å². The molecule has 2 N–H and O–H groups in total. The summed E-state index contributed by atoms with van der Waals surface area (Å²) in [5.41, 5.74) is 5.85. The molecule has 0 aromatic rings. The maximum Gasteiger partial charge on any atom is 0.0661 e. The van der Waals surface area contributed by atoms with Gasteiger partial charge in [0.2, 0.25) is 0 Å². The van der Waals surface area contributed by atoms with Crippen molar-refractivity contribution in [2.24, 2.45) is 11.7 Å². The Morgan fingerprint density at radius 3 is 2.38 bits per heavy atom. The molecule has 0 radical (unpaired) electrons. The number of likely N-dealkylation sites (N-methyl/N-ethyl adjacent to an activating group) is 1. The fourth-order valence-electron chi connectivity index (χ4n) is 1.99. The van der Waals surface area contributed by atoms with Crippen molar-refractivity contribution >= 4 is 0 Å². The van der Waals surface area contributed by atoms with Crippen LogP contribution in [0.15, 0.2) is 0 Å². The Morgan fingerprint density at radius 2 is 2.00 bits per heavy atom. The molecule has 0 saturated heterocycles.